The molecule has 168 valence electrons. The van der Waals surface area contributed by atoms with Gasteiger partial charge in [-0.1, -0.05) is 13.8 Å². The van der Waals surface area contributed by atoms with Gasteiger partial charge in [-0.2, -0.15) is 4.31 Å². The Kier molecular flexibility index (Phi) is 7.06. The quantitative estimate of drug-likeness (QED) is 0.433. The second-order valence-electron chi connectivity index (χ2n) is 6.89. The lowest BCUT2D eigenvalue weighted by atomic mass is 10.3. The number of hydrogen-bond acceptors (Lipinski definition) is 8. The first-order chi connectivity index (χ1) is 14.8. The Balaban J connectivity index is 1.75. The van der Waals surface area contributed by atoms with Crippen LogP contribution in [0.1, 0.15) is 44.8 Å². The molecule has 0 fully saturated rings. The fourth-order valence-corrected chi connectivity index (χ4v) is 4.88. The average Bonchev–Trinajstić information content (AvgIpc) is 3.33. The minimum absolute atomic E-state index is 0.0730. The van der Waals surface area contributed by atoms with E-state index in [1.54, 1.807) is 25.1 Å². The highest BCUT2D eigenvalue weighted by Crippen LogP contribution is 2.23. The zero-order chi connectivity index (χ0) is 22.6. The summed E-state index contributed by atoms with van der Waals surface area (Å²) in [5.41, 5.74) is 1.41. The summed E-state index contributed by atoms with van der Waals surface area (Å²) in [6, 6.07) is 4.96. The number of nitrogens with zero attached hydrogens (tertiary/aromatic N) is 5. The molecule has 0 saturated heterocycles. The molecule has 0 N–H and O–H groups in total. The number of aryl methyl sites for hydroxylation is 3. The summed E-state index contributed by atoms with van der Waals surface area (Å²) in [5, 5.41) is 7.47. The van der Waals surface area contributed by atoms with Gasteiger partial charge in [-0.3, -0.25) is 4.79 Å². The van der Waals surface area contributed by atoms with E-state index in [0.717, 1.165) is 5.52 Å². The molecule has 31 heavy (non-hydrogen) atoms. The Morgan fingerprint density at radius 3 is 2.55 bits per heavy atom. The van der Waals surface area contributed by atoms with Crippen molar-refractivity contribution < 1.29 is 22.4 Å². The maximum Gasteiger partial charge on any atom is 0.306 e. The summed E-state index contributed by atoms with van der Waals surface area (Å²) in [4.78, 5) is 16.9. The zero-order valence-corrected chi connectivity index (χ0v) is 19.0. The molecule has 0 aliphatic heterocycles. The van der Waals surface area contributed by atoms with E-state index in [1.165, 1.54) is 4.31 Å². The third-order valence-electron chi connectivity index (χ3n) is 4.94. The zero-order valence-electron chi connectivity index (χ0n) is 18.2. The number of ether oxygens (including phenoxy) is 1. The molecule has 0 atom stereocenters. The third-order valence-corrected chi connectivity index (χ3v) is 6.98. The van der Waals surface area contributed by atoms with E-state index in [0.29, 0.717) is 43.3 Å². The van der Waals surface area contributed by atoms with Gasteiger partial charge in [0.2, 0.25) is 15.9 Å². The topological polar surface area (TPSA) is 120 Å². The number of hydrogen-bond donors (Lipinski definition) is 0. The molecular formula is C20H27N5O5S. The van der Waals surface area contributed by atoms with Gasteiger partial charge in [0.1, 0.15) is 5.82 Å². The second kappa shape index (κ2) is 9.56. The first-order valence-electron chi connectivity index (χ1n) is 10.2. The molecule has 0 spiro atoms. The number of imidazole rings is 1. The van der Waals surface area contributed by atoms with Crippen molar-refractivity contribution in [1.29, 1.82) is 0 Å². The van der Waals surface area contributed by atoms with E-state index < -0.39 is 16.0 Å². The van der Waals surface area contributed by atoms with Crippen molar-refractivity contribution in [3.63, 3.8) is 0 Å². The second-order valence-corrected chi connectivity index (χ2v) is 8.83. The van der Waals surface area contributed by atoms with Gasteiger partial charge in [-0.25, -0.2) is 13.4 Å². The van der Waals surface area contributed by atoms with E-state index in [4.69, 9.17) is 9.15 Å². The molecule has 11 heteroatoms. The summed E-state index contributed by atoms with van der Waals surface area (Å²) in [6.45, 7) is 8.62. The highest BCUT2D eigenvalue weighted by Gasteiger charge is 2.23. The Morgan fingerprint density at radius 2 is 1.94 bits per heavy atom. The molecule has 0 radical (unpaired) electrons. The molecule has 2 aromatic heterocycles. The predicted octanol–water partition coefficient (Wildman–Crippen LogP) is 2.45. The van der Waals surface area contributed by atoms with Crippen LogP contribution in [0.5, 0.6) is 0 Å². The van der Waals surface area contributed by atoms with E-state index >= 15 is 0 Å². The predicted molar refractivity (Wildman–Crippen MR) is 113 cm³/mol. The van der Waals surface area contributed by atoms with Crippen LogP contribution < -0.4 is 0 Å². The Hall–Kier alpha value is -2.79. The van der Waals surface area contributed by atoms with E-state index in [-0.39, 0.29) is 23.8 Å². The monoisotopic (exact) mass is 449 g/mol. The molecule has 0 amide bonds. The first kappa shape index (κ1) is 22.9. The number of fused-ring (bicyclic) bond motifs is 1. The molecule has 0 bridgehead atoms. The fourth-order valence-electron chi connectivity index (χ4n) is 3.40. The van der Waals surface area contributed by atoms with Crippen LogP contribution in [0, 0.1) is 6.92 Å². The summed E-state index contributed by atoms with van der Waals surface area (Å²) < 4.78 is 39.4. The smallest absolute Gasteiger partial charge is 0.306 e. The molecule has 3 aromatic rings. The van der Waals surface area contributed by atoms with Gasteiger partial charge in [0.25, 0.3) is 5.89 Å². The van der Waals surface area contributed by atoms with Crippen LogP contribution in [-0.4, -0.2) is 51.5 Å². The highest BCUT2D eigenvalue weighted by atomic mass is 32.2. The van der Waals surface area contributed by atoms with E-state index in [9.17, 15) is 13.2 Å². The molecule has 0 aliphatic carbocycles. The summed E-state index contributed by atoms with van der Waals surface area (Å²) in [6.07, 6.45) is 0.489. The van der Waals surface area contributed by atoms with E-state index in [2.05, 4.69) is 15.2 Å². The lowest BCUT2D eigenvalue weighted by Crippen LogP contribution is -2.30. The van der Waals surface area contributed by atoms with Crippen LogP contribution in [0.3, 0.4) is 0 Å². The summed E-state index contributed by atoms with van der Waals surface area (Å²) in [7, 11) is -3.57. The van der Waals surface area contributed by atoms with Crippen LogP contribution in [0.2, 0.25) is 0 Å². The molecule has 0 saturated carbocycles. The maximum absolute atomic E-state index is 12.8. The van der Waals surface area contributed by atoms with Crippen LogP contribution in [0.4, 0.5) is 0 Å². The SMILES string of the molecule is CCN(CC)S(=O)(=O)c1ccc2c(c1)nc(CCC(=O)OCc1nnc(C)o1)n2CC. The Morgan fingerprint density at radius 1 is 1.19 bits per heavy atom. The molecule has 0 aliphatic rings. The Labute approximate surface area is 181 Å². The maximum atomic E-state index is 12.8. The molecule has 3 rings (SSSR count). The van der Waals surface area contributed by atoms with Crippen molar-refractivity contribution in [3.8, 4) is 0 Å². The minimum atomic E-state index is -3.57. The minimum Gasteiger partial charge on any atom is -0.456 e. The number of aromatic nitrogens is 4. The van der Waals surface area contributed by atoms with Crippen LogP contribution in [0.15, 0.2) is 27.5 Å². The van der Waals surface area contributed by atoms with Crippen molar-refractivity contribution >= 4 is 27.0 Å². The van der Waals surface area contributed by atoms with Crippen LogP contribution >= 0.6 is 0 Å². The fraction of sp³-hybridized carbons (Fsp3) is 0.500. The van der Waals surface area contributed by atoms with Crippen molar-refractivity contribution in [2.75, 3.05) is 13.1 Å². The molecular weight excluding hydrogens is 422 g/mol. The summed E-state index contributed by atoms with van der Waals surface area (Å²) >= 11 is 0. The van der Waals surface area contributed by atoms with Gasteiger partial charge >= 0.3 is 5.97 Å². The largest absolute Gasteiger partial charge is 0.456 e. The van der Waals surface area contributed by atoms with Gasteiger partial charge in [0.05, 0.1) is 22.3 Å². The van der Waals surface area contributed by atoms with Crippen molar-refractivity contribution in [1.82, 2.24) is 24.1 Å². The molecule has 10 nitrogen and oxygen atoms in total. The first-order valence-corrected chi connectivity index (χ1v) is 11.7. The Bertz CT molecular complexity index is 1160. The molecule has 2 heterocycles. The normalized spacial score (nSPS) is 12.0. The number of sulfonamides is 1. The van der Waals surface area contributed by atoms with Crippen molar-refractivity contribution in [3.05, 3.63) is 35.8 Å². The molecule has 1 aromatic carbocycles. The standard InChI is InChI=1S/C20H27N5O5S/c1-5-24(6-2)31(27,28)15-8-9-17-16(12-15)21-18(25(17)7-3)10-11-20(26)29-13-19-23-22-14(4)30-19/h8-9,12H,5-7,10-11,13H2,1-4H3. The highest BCUT2D eigenvalue weighted by molar-refractivity contribution is 7.89. The lowest BCUT2D eigenvalue weighted by Gasteiger charge is -2.18. The van der Waals surface area contributed by atoms with Crippen LogP contribution in [-0.2, 0) is 39.1 Å². The number of benzene rings is 1. The average molecular weight is 450 g/mol. The van der Waals surface area contributed by atoms with Crippen molar-refractivity contribution in [2.24, 2.45) is 0 Å². The van der Waals surface area contributed by atoms with E-state index in [1.807, 2.05) is 25.3 Å². The third kappa shape index (κ3) is 4.93. The van der Waals surface area contributed by atoms with Crippen molar-refractivity contribution in [2.45, 2.75) is 58.6 Å². The number of rotatable bonds is 10. The van der Waals surface area contributed by atoms with Gasteiger partial charge in [0.15, 0.2) is 6.61 Å². The number of carbonyl (C=O) groups is 1. The van der Waals surface area contributed by atoms with Crippen LogP contribution in [0.25, 0.3) is 11.0 Å². The number of carbonyl (C=O) groups excluding carboxylic acids is 1. The van der Waals surface area contributed by atoms with Gasteiger partial charge in [-0.15, -0.1) is 10.2 Å². The summed E-state index contributed by atoms with van der Waals surface area (Å²) in [5.74, 6) is 0.939. The number of esters is 1. The van der Waals surface area contributed by atoms with Gasteiger partial charge in [0, 0.05) is 33.0 Å². The van der Waals surface area contributed by atoms with Gasteiger partial charge < -0.3 is 13.7 Å². The lowest BCUT2D eigenvalue weighted by molar-refractivity contribution is -0.145. The molecule has 0 unspecified atom stereocenters. The van der Waals surface area contributed by atoms with Gasteiger partial charge in [-0.05, 0) is 25.1 Å².